The number of aromatic amines is 2. The third-order valence-electron chi connectivity index (χ3n) is 5.80. The number of amides is 1. The predicted octanol–water partition coefficient (Wildman–Crippen LogP) is 4.68. The fourth-order valence-electron chi connectivity index (χ4n) is 4.12. The van der Waals surface area contributed by atoms with Gasteiger partial charge in [-0.25, -0.2) is 9.97 Å². The van der Waals surface area contributed by atoms with Gasteiger partial charge >= 0.3 is 0 Å². The van der Waals surface area contributed by atoms with Crippen molar-refractivity contribution in [3.05, 3.63) is 73.1 Å². The molecule has 0 atom stereocenters. The third-order valence-corrected chi connectivity index (χ3v) is 5.80. The smallest absolute Gasteiger partial charge is 0.224 e. The van der Waals surface area contributed by atoms with E-state index in [1.54, 1.807) is 24.7 Å². The number of anilines is 1. The summed E-state index contributed by atoms with van der Waals surface area (Å²) in [5.41, 5.74) is 6.89. The Balaban J connectivity index is 1.51. The Morgan fingerprint density at radius 1 is 1.26 bits per heavy atom. The molecule has 5 rings (SSSR count). The van der Waals surface area contributed by atoms with Crippen LogP contribution in [0.15, 0.2) is 61.7 Å². The maximum atomic E-state index is 11.8. The van der Waals surface area contributed by atoms with Crippen molar-refractivity contribution in [1.29, 1.82) is 0 Å². The number of H-pyrrole nitrogens is 2. The van der Waals surface area contributed by atoms with Crippen molar-refractivity contribution >= 4 is 28.2 Å². The van der Waals surface area contributed by atoms with E-state index < -0.39 is 0 Å². The van der Waals surface area contributed by atoms with Crippen molar-refractivity contribution < 1.29 is 4.79 Å². The molecule has 0 aromatic carbocycles. The Kier molecular flexibility index (Phi) is 5.97. The molecule has 0 fully saturated rings. The highest BCUT2D eigenvalue weighted by atomic mass is 16.1. The number of carbonyl (C=O) groups excluding carboxylic acids is 1. The summed E-state index contributed by atoms with van der Waals surface area (Å²) in [5, 5.41) is 11.2. The van der Waals surface area contributed by atoms with Crippen LogP contribution in [-0.4, -0.2) is 48.0 Å². The summed E-state index contributed by atoms with van der Waals surface area (Å²) >= 11 is 0. The van der Waals surface area contributed by atoms with Gasteiger partial charge in [0.25, 0.3) is 0 Å². The molecule has 0 unspecified atom stereocenters. The normalized spacial score (nSPS) is 13.2. The van der Waals surface area contributed by atoms with Gasteiger partial charge in [0, 0.05) is 43.2 Å². The molecule has 35 heavy (non-hydrogen) atoms. The van der Waals surface area contributed by atoms with E-state index in [4.69, 9.17) is 4.98 Å². The Bertz CT molecular complexity index is 1480. The van der Waals surface area contributed by atoms with Crippen molar-refractivity contribution in [3.8, 4) is 22.6 Å². The first-order chi connectivity index (χ1) is 17.1. The number of hydrogen-bond donors (Lipinski definition) is 3. The molecule has 0 spiro atoms. The summed E-state index contributed by atoms with van der Waals surface area (Å²) in [4.78, 5) is 31.1. The first-order valence-corrected chi connectivity index (χ1v) is 11.4. The van der Waals surface area contributed by atoms with Crippen LogP contribution in [0.4, 0.5) is 5.69 Å². The maximum absolute atomic E-state index is 11.8. The number of aromatic nitrogens is 6. The zero-order valence-electron chi connectivity index (χ0n) is 19.7. The molecule has 176 valence electrons. The Labute approximate surface area is 202 Å². The second kappa shape index (κ2) is 9.38. The van der Waals surface area contributed by atoms with Crippen LogP contribution in [0.25, 0.3) is 39.3 Å². The average molecular weight is 467 g/mol. The number of hydrogen-bond acceptors (Lipinski definition) is 6. The van der Waals surface area contributed by atoms with E-state index in [1.165, 1.54) is 0 Å². The van der Waals surface area contributed by atoms with Gasteiger partial charge in [-0.1, -0.05) is 31.7 Å². The molecule has 4 aromatic rings. The summed E-state index contributed by atoms with van der Waals surface area (Å²) in [6.45, 7) is 6.30. The number of imidazole rings is 1. The number of nitrogens with zero attached hydrogens (tertiary/aromatic N) is 5. The summed E-state index contributed by atoms with van der Waals surface area (Å²) in [7, 11) is 2.05. The second-order valence-corrected chi connectivity index (χ2v) is 8.41. The molecule has 9 nitrogen and oxygen atoms in total. The number of rotatable bonds is 7. The molecule has 0 saturated carbocycles. The monoisotopic (exact) mass is 466 g/mol. The van der Waals surface area contributed by atoms with E-state index in [2.05, 4.69) is 54.2 Å². The summed E-state index contributed by atoms with van der Waals surface area (Å²) in [5.74, 6) is 0.655. The lowest BCUT2D eigenvalue weighted by Crippen LogP contribution is -2.16. The third kappa shape index (κ3) is 4.48. The zero-order chi connectivity index (χ0) is 24.4. The minimum absolute atomic E-state index is 0.0597. The summed E-state index contributed by atoms with van der Waals surface area (Å²) in [6, 6.07) is 3.90. The van der Waals surface area contributed by atoms with Crippen molar-refractivity contribution in [3.63, 3.8) is 0 Å². The molecular weight excluding hydrogens is 440 g/mol. The van der Waals surface area contributed by atoms with E-state index in [9.17, 15) is 4.79 Å². The van der Waals surface area contributed by atoms with Crippen molar-refractivity contribution in [2.24, 2.45) is 0 Å². The number of pyridine rings is 2. The van der Waals surface area contributed by atoms with Gasteiger partial charge in [-0.15, -0.1) is 0 Å². The van der Waals surface area contributed by atoms with Crippen LogP contribution in [-0.2, 0) is 11.3 Å². The molecule has 1 amide bonds. The van der Waals surface area contributed by atoms with Crippen LogP contribution < -0.4 is 5.32 Å². The molecule has 0 aliphatic carbocycles. The minimum Gasteiger partial charge on any atom is -0.374 e. The van der Waals surface area contributed by atoms with E-state index in [0.717, 1.165) is 52.1 Å². The van der Waals surface area contributed by atoms with E-state index >= 15 is 0 Å². The van der Waals surface area contributed by atoms with Gasteiger partial charge in [0.05, 0.1) is 35.2 Å². The SMILES string of the molecule is C=C/C=C\CC1=CN(C)Cc2[nH]c(-c3[nH]nc4ncc(-c5cncc(NC(=O)CC)c5)cc34)nc21. The van der Waals surface area contributed by atoms with Crippen LogP contribution in [0.3, 0.4) is 0 Å². The molecule has 5 heterocycles. The van der Waals surface area contributed by atoms with Gasteiger partial charge < -0.3 is 15.2 Å². The molecule has 0 saturated heterocycles. The van der Waals surface area contributed by atoms with E-state index in [0.29, 0.717) is 23.6 Å². The summed E-state index contributed by atoms with van der Waals surface area (Å²) in [6.07, 6.45) is 14.2. The maximum Gasteiger partial charge on any atom is 0.224 e. The fraction of sp³-hybridized carbons (Fsp3) is 0.192. The zero-order valence-corrected chi connectivity index (χ0v) is 19.7. The first-order valence-electron chi connectivity index (χ1n) is 11.4. The minimum atomic E-state index is -0.0597. The first kappa shape index (κ1) is 22.3. The van der Waals surface area contributed by atoms with Gasteiger partial charge in [0.1, 0.15) is 5.69 Å². The molecule has 9 heteroatoms. The number of nitrogens with one attached hydrogen (secondary N) is 3. The average Bonchev–Trinajstić information content (AvgIpc) is 3.47. The lowest BCUT2D eigenvalue weighted by atomic mass is 10.0. The van der Waals surface area contributed by atoms with Gasteiger partial charge in [0.2, 0.25) is 5.91 Å². The molecule has 4 aromatic heterocycles. The molecule has 1 aliphatic heterocycles. The van der Waals surface area contributed by atoms with Crippen molar-refractivity contribution in [2.75, 3.05) is 12.4 Å². The van der Waals surface area contributed by atoms with Crippen LogP contribution in [0, 0.1) is 0 Å². The summed E-state index contributed by atoms with van der Waals surface area (Å²) < 4.78 is 0. The number of carbonyl (C=O) groups is 1. The molecule has 3 N–H and O–H groups in total. The fourth-order valence-corrected chi connectivity index (χ4v) is 4.12. The molecule has 0 radical (unpaired) electrons. The Hall–Kier alpha value is -4.53. The van der Waals surface area contributed by atoms with Crippen molar-refractivity contribution in [2.45, 2.75) is 26.3 Å². The lowest BCUT2D eigenvalue weighted by molar-refractivity contribution is -0.115. The van der Waals surface area contributed by atoms with Crippen LogP contribution in [0.2, 0.25) is 0 Å². The van der Waals surface area contributed by atoms with Crippen LogP contribution in [0.1, 0.15) is 31.2 Å². The van der Waals surface area contributed by atoms with Gasteiger partial charge in [-0.2, -0.15) is 5.10 Å². The Morgan fingerprint density at radius 3 is 2.94 bits per heavy atom. The number of fused-ring (bicyclic) bond motifs is 2. The lowest BCUT2D eigenvalue weighted by Gasteiger charge is -2.21. The van der Waals surface area contributed by atoms with Crippen molar-refractivity contribution in [1.82, 2.24) is 35.0 Å². The van der Waals surface area contributed by atoms with Gasteiger partial charge in [-0.3, -0.25) is 14.9 Å². The molecule has 0 bridgehead atoms. The second-order valence-electron chi connectivity index (χ2n) is 8.41. The highest BCUT2D eigenvalue weighted by molar-refractivity contribution is 5.93. The highest BCUT2D eigenvalue weighted by Gasteiger charge is 2.22. The van der Waals surface area contributed by atoms with E-state index in [1.807, 2.05) is 32.2 Å². The Morgan fingerprint density at radius 2 is 2.11 bits per heavy atom. The quantitative estimate of drug-likeness (QED) is 0.341. The largest absolute Gasteiger partial charge is 0.374 e. The van der Waals surface area contributed by atoms with Gasteiger partial charge in [-0.05, 0) is 24.1 Å². The molecular formula is C26H26N8O. The molecule has 1 aliphatic rings. The predicted molar refractivity (Wildman–Crippen MR) is 137 cm³/mol. The highest BCUT2D eigenvalue weighted by Crippen LogP contribution is 2.33. The van der Waals surface area contributed by atoms with E-state index in [-0.39, 0.29) is 5.91 Å². The van der Waals surface area contributed by atoms with Crippen LogP contribution >= 0.6 is 0 Å². The topological polar surface area (TPSA) is 115 Å². The number of allylic oxidation sites excluding steroid dienone is 4. The van der Waals surface area contributed by atoms with Crippen LogP contribution in [0.5, 0.6) is 0 Å². The standard InChI is InChI=1S/C26H26N8O/c1-4-6-7-8-16-14-34(3)15-21-23(16)31-26(30-21)24-20-10-18(12-28-25(20)33-32-24)17-9-19(13-27-11-17)29-22(35)5-2/h4,6-7,9-14H,1,5,8,15H2,2-3H3,(H,29,35)(H,30,31)(H,28,32,33)/b7-6-. The van der Waals surface area contributed by atoms with Gasteiger partial charge in [0.15, 0.2) is 11.5 Å².